The molecule has 2 aromatic rings. The molecule has 1 fully saturated rings. The van der Waals surface area contributed by atoms with E-state index in [1.807, 2.05) is 24.3 Å². The average Bonchev–Trinajstić information content (AvgIpc) is 2.87. The fourth-order valence-electron chi connectivity index (χ4n) is 2.81. The Bertz CT molecular complexity index is 633. The van der Waals surface area contributed by atoms with Crippen LogP contribution in [0.3, 0.4) is 0 Å². The third-order valence-corrected chi connectivity index (χ3v) is 5.26. The van der Waals surface area contributed by atoms with Crippen LogP contribution >= 0.6 is 27.5 Å². The van der Waals surface area contributed by atoms with Crippen molar-refractivity contribution in [3.63, 3.8) is 0 Å². The number of nitrogens with one attached hydrogen (secondary N) is 1. The molecule has 0 aliphatic heterocycles. The molecule has 3 rings (SSSR count). The molecule has 0 radical (unpaired) electrons. The zero-order valence-electron chi connectivity index (χ0n) is 12.2. The Labute approximate surface area is 142 Å². The van der Waals surface area contributed by atoms with Gasteiger partial charge in [-0.05, 0) is 36.5 Å². The first-order valence-electron chi connectivity index (χ1n) is 7.63. The molecule has 1 N–H and O–H groups in total. The van der Waals surface area contributed by atoms with Crippen molar-refractivity contribution >= 4 is 33.4 Å². The SMILES string of the molecule is O=C(NC1CCCCCC1)c1snnc1-c1ccc(Br)cc1. The summed E-state index contributed by atoms with van der Waals surface area (Å²) < 4.78 is 4.98. The number of hydrogen-bond donors (Lipinski definition) is 1. The van der Waals surface area contributed by atoms with Gasteiger partial charge in [0.15, 0.2) is 0 Å². The molecule has 6 heteroatoms. The molecule has 4 nitrogen and oxygen atoms in total. The molecule has 1 aromatic heterocycles. The van der Waals surface area contributed by atoms with Crippen LogP contribution in [0.25, 0.3) is 11.3 Å². The highest BCUT2D eigenvalue weighted by Crippen LogP contribution is 2.26. The average molecular weight is 380 g/mol. The second-order valence-electron chi connectivity index (χ2n) is 5.62. The lowest BCUT2D eigenvalue weighted by molar-refractivity contribution is 0.0938. The van der Waals surface area contributed by atoms with Crippen LogP contribution in [-0.2, 0) is 0 Å². The van der Waals surface area contributed by atoms with Crippen LogP contribution in [0.15, 0.2) is 28.7 Å². The smallest absolute Gasteiger partial charge is 0.265 e. The van der Waals surface area contributed by atoms with Gasteiger partial charge in [-0.25, -0.2) is 0 Å². The van der Waals surface area contributed by atoms with Crippen molar-refractivity contribution in [2.75, 3.05) is 0 Å². The molecule has 0 bridgehead atoms. The van der Waals surface area contributed by atoms with E-state index in [1.165, 1.54) is 37.2 Å². The molecule has 0 unspecified atom stereocenters. The van der Waals surface area contributed by atoms with Crippen molar-refractivity contribution in [1.82, 2.24) is 14.9 Å². The van der Waals surface area contributed by atoms with E-state index >= 15 is 0 Å². The molecule has 116 valence electrons. The number of nitrogens with zero attached hydrogens (tertiary/aromatic N) is 2. The molecule has 1 saturated carbocycles. The quantitative estimate of drug-likeness (QED) is 0.802. The molecule has 1 aliphatic carbocycles. The minimum absolute atomic E-state index is 0.0418. The summed E-state index contributed by atoms with van der Waals surface area (Å²) in [6.07, 6.45) is 7.10. The molecule has 1 heterocycles. The van der Waals surface area contributed by atoms with Crippen molar-refractivity contribution in [2.24, 2.45) is 0 Å². The standard InChI is InChI=1S/C16H18BrN3OS/c17-12-9-7-11(8-10-12)14-15(22-20-19-14)16(21)18-13-5-3-1-2-4-6-13/h7-10,13H,1-6H2,(H,18,21). The summed E-state index contributed by atoms with van der Waals surface area (Å²) in [5, 5.41) is 7.31. The Morgan fingerprint density at radius 1 is 1.14 bits per heavy atom. The van der Waals surface area contributed by atoms with Crippen molar-refractivity contribution in [3.8, 4) is 11.3 Å². The maximum absolute atomic E-state index is 12.6. The number of carbonyl (C=O) groups excluding carboxylic acids is 1. The third kappa shape index (κ3) is 3.73. The highest BCUT2D eigenvalue weighted by Gasteiger charge is 2.21. The summed E-state index contributed by atoms with van der Waals surface area (Å²) in [6.45, 7) is 0. The number of hydrogen-bond acceptors (Lipinski definition) is 4. The van der Waals surface area contributed by atoms with Gasteiger partial charge in [0.1, 0.15) is 10.6 Å². The first kappa shape index (κ1) is 15.6. The summed E-state index contributed by atoms with van der Waals surface area (Å²) >= 11 is 4.58. The van der Waals surface area contributed by atoms with E-state index < -0.39 is 0 Å². The topological polar surface area (TPSA) is 54.9 Å². The Kier molecular flexibility index (Phi) is 5.20. The largest absolute Gasteiger partial charge is 0.348 e. The Morgan fingerprint density at radius 2 is 1.82 bits per heavy atom. The lowest BCUT2D eigenvalue weighted by Crippen LogP contribution is -2.34. The monoisotopic (exact) mass is 379 g/mol. The lowest BCUT2D eigenvalue weighted by atomic mass is 10.1. The first-order chi connectivity index (χ1) is 10.7. The summed E-state index contributed by atoms with van der Waals surface area (Å²) in [5.74, 6) is -0.0418. The first-order valence-corrected chi connectivity index (χ1v) is 9.20. The van der Waals surface area contributed by atoms with Crippen LogP contribution in [0.4, 0.5) is 0 Å². The van der Waals surface area contributed by atoms with Crippen LogP contribution in [0.2, 0.25) is 0 Å². The Balaban J connectivity index is 1.76. The van der Waals surface area contributed by atoms with E-state index in [-0.39, 0.29) is 11.9 Å². The summed E-state index contributed by atoms with van der Waals surface area (Å²) in [4.78, 5) is 13.2. The molecule has 0 spiro atoms. The number of aromatic nitrogens is 2. The van der Waals surface area contributed by atoms with Gasteiger partial charge in [0.2, 0.25) is 0 Å². The van der Waals surface area contributed by atoms with Crippen molar-refractivity contribution < 1.29 is 4.79 Å². The predicted octanol–water partition coefficient (Wildman–Crippen LogP) is 4.42. The molecule has 0 saturated heterocycles. The molecular formula is C16H18BrN3OS. The predicted molar refractivity (Wildman–Crippen MR) is 92.0 cm³/mol. The number of amides is 1. The normalized spacial score (nSPS) is 16.2. The summed E-state index contributed by atoms with van der Waals surface area (Å²) in [5.41, 5.74) is 1.59. The minimum Gasteiger partial charge on any atom is -0.348 e. The van der Waals surface area contributed by atoms with Crippen LogP contribution in [0.1, 0.15) is 48.2 Å². The highest BCUT2D eigenvalue weighted by atomic mass is 79.9. The maximum atomic E-state index is 12.6. The van der Waals surface area contributed by atoms with Crippen LogP contribution in [-0.4, -0.2) is 21.5 Å². The molecule has 1 aliphatic rings. The molecule has 0 atom stereocenters. The Morgan fingerprint density at radius 3 is 2.50 bits per heavy atom. The van der Waals surface area contributed by atoms with E-state index in [2.05, 4.69) is 30.8 Å². The van der Waals surface area contributed by atoms with Gasteiger partial charge in [-0.2, -0.15) is 0 Å². The summed E-state index contributed by atoms with van der Waals surface area (Å²) in [6, 6.07) is 8.07. The van der Waals surface area contributed by atoms with Gasteiger partial charge in [-0.1, -0.05) is 58.2 Å². The van der Waals surface area contributed by atoms with Crippen molar-refractivity contribution in [3.05, 3.63) is 33.6 Å². The third-order valence-electron chi connectivity index (χ3n) is 4.00. The summed E-state index contributed by atoms with van der Waals surface area (Å²) in [7, 11) is 0. The van der Waals surface area contributed by atoms with Gasteiger partial charge < -0.3 is 5.32 Å². The second kappa shape index (κ2) is 7.33. The molecule has 1 aromatic carbocycles. The van der Waals surface area contributed by atoms with Gasteiger partial charge in [0.25, 0.3) is 5.91 Å². The maximum Gasteiger partial charge on any atom is 0.265 e. The van der Waals surface area contributed by atoms with E-state index in [4.69, 9.17) is 0 Å². The van der Waals surface area contributed by atoms with Gasteiger partial charge in [-0.15, -0.1) is 5.10 Å². The van der Waals surface area contributed by atoms with Crippen molar-refractivity contribution in [2.45, 2.75) is 44.6 Å². The Hall–Kier alpha value is -1.27. The van der Waals surface area contributed by atoms with E-state index in [0.717, 1.165) is 22.9 Å². The number of rotatable bonds is 3. The van der Waals surface area contributed by atoms with E-state index in [1.54, 1.807) is 0 Å². The van der Waals surface area contributed by atoms with Crippen LogP contribution in [0, 0.1) is 0 Å². The van der Waals surface area contributed by atoms with Crippen molar-refractivity contribution in [1.29, 1.82) is 0 Å². The fourth-order valence-corrected chi connectivity index (χ4v) is 3.67. The number of halogens is 1. The van der Waals surface area contributed by atoms with E-state index in [9.17, 15) is 4.79 Å². The van der Waals surface area contributed by atoms with Crippen LogP contribution in [0.5, 0.6) is 0 Å². The zero-order valence-corrected chi connectivity index (χ0v) is 14.6. The van der Waals surface area contributed by atoms with Gasteiger partial charge in [0.05, 0.1) is 0 Å². The molecular weight excluding hydrogens is 362 g/mol. The highest BCUT2D eigenvalue weighted by molar-refractivity contribution is 9.10. The second-order valence-corrected chi connectivity index (χ2v) is 7.29. The number of benzene rings is 1. The lowest BCUT2D eigenvalue weighted by Gasteiger charge is -2.15. The molecule has 1 amide bonds. The van der Waals surface area contributed by atoms with Crippen LogP contribution < -0.4 is 5.32 Å². The number of carbonyl (C=O) groups is 1. The van der Waals surface area contributed by atoms with Gasteiger partial charge >= 0.3 is 0 Å². The van der Waals surface area contributed by atoms with Gasteiger partial charge in [-0.3, -0.25) is 4.79 Å². The fraction of sp³-hybridized carbons (Fsp3) is 0.438. The van der Waals surface area contributed by atoms with E-state index in [0.29, 0.717) is 10.6 Å². The molecule has 22 heavy (non-hydrogen) atoms. The zero-order chi connectivity index (χ0) is 15.4. The van der Waals surface area contributed by atoms with Gasteiger partial charge in [0, 0.05) is 16.1 Å². The minimum atomic E-state index is -0.0418.